The van der Waals surface area contributed by atoms with Crippen LogP contribution in [0.1, 0.15) is 12.5 Å². The lowest BCUT2D eigenvalue weighted by atomic mass is 10.1. The highest BCUT2D eigenvalue weighted by molar-refractivity contribution is 6.30. The SMILES string of the molecule is CC(=O)[C@@H](O)CN1CCc2cc(Cl)c(F)cc21. The maximum atomic E-state index is 13.4. The van der Waals surface area contributed by atoms with Crippen LogP contribution < -0.4 is 4.90 Å². The highest BCUT2D eigenvalue weighted by Gasteiger charge is 2.24. The van der Waals surface area contributed by atoms with Gasteiger partial charge in [-0.25, -0.2) is 4.39 Å². The van der Waals surface area contributed by atoms with E-state index in [1.165, 1.54) is 13.0 Å². The van der Waals surface area contributed by atoms with Crippen LogP contribution in [0.25, 0.3) is 0 Å². The summed E-state index contributed by atoms with van der Waals surface area (Å²) in [6.07, 6.45) is -0.278. The molecule has 1 aromatic carbocycles. The van der Waals surface area contributed by atoms with Crippen LogP contribution in [-0.4, -0.2) is 30.1 Å². The molecule has 0 aromatic heterocycles. The van der Waals surface area contributed by atoms with E-state index in [-0.39, 0.29) is 17.4 Å². The van der Waals surface area contributed by atoms with E-state index < -0.39 is 11.9 Å². The van der Waals surface area contributed by atoms with E-state index in [1.807, 2.05) is 0 Å². The number of anilines is 1. The number of hydrogen-bond donors (Lipinski definition) is 1. The van der Waals surface area contributed by atoms with Gasteiger partial charge in [0.15, 0.2) is 5.78 Å². The maximum Gasteiger partial charge on any atom is 0.160 e. The molecule has 1 aliphatic rings. The lowest BCUT2D eigenvalue weighted by Crippen LogP contribution is -2.35. The fourth-order valence-electron chi connectivity index (χ4n) is 1.97. The Morgan fingerprint density at radius 3 is 3.00 bits per heavy atom. The van der Waals surface area contributed by atoms with Gasteiger partial charge < -0.3 is 10.0 Å². The van der Waals surface area contributed by atoms with Gasteiger partial charge in [0.25, 0.3) is 0 Å². The van der Waals surface area contributed by atoms with E-state index in [1.54, 1.807) is 11.0 Å². The monoisotopic (exact) mass is 257 g/mol. The molecule has 2 rings (SSSR count). The van der Waals surface area contributed by atoms with Crippen molar-refractivity contribution in [3.63, 3.8) is 0 Å². The zero-order valence-electron chi connectivity index (χ0n) is 9.41. The van der Waals surface area contributed by atoms with Crippen molar-refractivity contribution in [2.45, 2.75) is 19.4 Å². The Labute approximate surface area is 104 Å². The summed E-state index contributed by atoms with van der Waals surface area (Å²) < 4.78 is 13.4. The van der Waals surface area contributed by atoms with Gasteiger partial charge >= 0.3 is 0 Å². The molecule has 1 atom stereocenters. The van der Waals surface area contributed by atoms with E-state index in [2.05, 4.69) is 0 Å². The molecule has 0 bridgehead atoms. The number of benzene rings is 1. The van der Waals surface area contributed by atoms with Crippen LogP contribution >= 0.6 is 11.6 Å². The predicted octanol–water partition coefficient (Wildman–Crippen LogP) is 1.79. The number of carbonyl (C=O) groups excluding carboxylic acids is 1. The first kappa shape index (κ1) is 12.3. The molecule has 0 amide bonds. The number of fused-ring (bicyclic) bond motifs is 1. The largest absolute Gasteiger partial charge is 0.383 e. The summed E-state index contributed by atoms with van der Waals surface area (Å²) in [6.45, 7) is 2.20. The van der Waals surface area contributed by atoms with Crippen LogP contribution in [0.4, 0.5) is 10.1 Å². The van der Waals surface area contributed by atoms with Crippen molar-refractivity contribution in [3.05, 3.63) is 28.5 Å². The fourth-order valence-corrected chi connectivity index (χ4v) is 2.16. The molecule has 0 aliphatic carbocycles. The van der Waals surface area contributed by atoms with Crippen LogP contribution in [0.15, 0.2) is 12.1 Å². The Morgan fingerprint density at radius 2 is 2.35 bits per heavy atom. The minimum atomic E-state index is -1.03. The molecule has 0 saturated heterocycles. The lowest BCUT2D eigenvalue weighted by molar-refractivity contribution is -0.124. The highest BCUT2D eigenvalue weighted by Crippen LogP contribution is 2.32. The molecule has 0 radical (unpaired) electrons. The van der Waals surface area contributed by atoms with Gasteiger partial charge in [-0.2, -0.15) is 0 Å². The average Bonchev–Trinajstić information content (AvgIpc) is 2.62. The summed E-state index contributed by atoms with van der Waals surface area (Å²) in [5.41, 5.74) is 1.67. The number of halogens is 2. The Bertz CT molecular complexity index is 464. The predicted molar refractivity (Wildman–Crippen MR) is 64.0 cm³/mol. The second-order valence-electron chi connectivity index (χ2n) is 4.22. The number of hydrogen-bond acceptors (Lipinski definition) is 3. The van der Waals surface area contributed by atoms with Crippen LogP contribution in [0.3, 0.4) is 0 Å². The molecule has 1 aromatic rings. The first-order valence-corrected chi connectivity index (χ1v) is 5.78. The highest BCUT2D eigenvalue weighted by atomic mass is 35.5. The second kappa shape index (κ2) is 4.63. The molecule has 92 valence electrons. The summed E-state index contributed by atoms with van der Waals surface area (Å²) in [6, 6.07) is 2.96. The van der Waals surface area contributed by atoms with E-state index in [4.69, 9.17) is 11.6 Å². The van der Waals surface area contributed by atoms with Crippen molar-refractivity contribution in [1.29, 1.82) is 0 Å². The minimum absolute atomic E-state index is 0.109. The molecule has 0 saturated carbocycles. The van der Waals surface area contributed by atoms with Gasteiger partial charge in [-0.1, -0.05) is 11.6 Å². The summed E-state index contributed by atoms with van der Waals surface area (Å²) in [5, 5.41) is 9.63. The van der Waals surface area contributed by atoms with Gasteiger partial charge in [-0.05, 0) is 31.0 Å². The van der Waals surface area contributed by atoms with Crippen molar-refractivity contribution < 1.29 is 14.3 Å². The molecule has 1 N–H and O–H groups in total. The molecule has 0 unspecified atom stereocenters. The second-order valence-corrected chi connectivity index (χ2v) is 4.62. The summed E-state index contributed by atoms with van der Waals surface area (Å²) in [5.74, 6) is -0.762. The molecule has 0 fully saturated rings. The van der Waals surface area contributed by atoms with Crippen LogP contribution in [-0.2, 0) is 11.2 Å². The zero-order chi connectivity index (χ0) is 12.6. The van der Waals surface area contributed by atoms with Gasteiger partial charge in [0, 0.05) is 12.2 Å². The first-order valence-electron chi connectivity index (χ1n) is 5.40. The van der Waals surface area contributed by atoms with Gasteiger partial charge in [0.05, 0.1) is 11.6 Å². The number of nitrogens with zero attached hydrogens (tertiary/aromatic N) is 1. The normalized spacial score (nSPS) is 15.9. The summed E-state index contributed by atoms with van der Waals surface area (Å²) in [4.78, 5) is 12.8. The maximum absolute atomic E-state index is 13.4. The molecule has 0 spiro atoms. The number of carbonyl (C=O) groups is 1. The molecule has 5 heteroatoms. The van der Waals surface area contributed by atoms with E-state index in [9.17, 15) is 14.3 Å². The van der Waals surface area contributed by atoms with Crippen LogP contribution in [0.5, 0.6) is 0 Å². The fraction of sp³-hybridized carbons (Fsp3) is 0.417. The van der Waals surface area contributed by atoms with E-state index in [0.717, 1.165) is 12.0 Å². The van der Waals surface area contributed by atoms with Crippen molar-refractivity contribution >= 4 is 23.1 Å². The van der Waals surface area contributed by atoms with Crippen molar-refractivity contribution in [2.75, 3.05) is 18.0 Å². The van der Waals surface area contributed by atoms with Gasteiger partial charge in [0.1, 0.15) is 11.9 Å². The van der Waals surface area contributed by atoms with Crippen molar-refractivity contribution in [1.82, 2.24) is 0 Å². The molecule has 17 heavy (non-hydrogen) atoms. The Balaban J connectivity index is 2.22. The lowest BCUT2D eigenvalue weighted by Gasteiger charge is -2.21. The molecule has 3 nitrogen and oxygen atoms in total. The number of aliphatic hydroxyl groups excluding tert-OH is 1. The van der Waals surface area contributed by atoms with Crippen molar-refractivity contribution in [2.24, 2.45) is 0 Å². The van der Waals surface area contributed by atoms with E-state index in [0.29, 0.717) is 12.2 Å². The number of rotatable bonds is 3. The number of ketones is 1. The number of Topliss-reactive ketones (excluding diaryl/α,β-unsaturated/α-hetero) is 1. The van der Waals surface area contributed by atoms with Crippen molar-refractivity contribution in [3.8, 4) is 0 Å². The van der Waals surface area contributed by atoms with Gasteiger partial charge in [0.2, 0.25) is 0 Å². The topological polar surface area (TPSA) is 40.5 Å². The first-order chi connectivity index (χ1) is 7.99. The van der Waals surface area contributed by atoms with Gasteiger partial charge in [-0.3, -0.25) is 4.79 Å². The third-order valence-corrected chi connectivity index (χ3v) is 3.27. The molecule has 1 heterocycles. The smallest absolute Gasteiger partial charge is 0.160 e. The molecular formula is C12H13ClFNO2. The standard InChI is InChI=1S/C12H13ClFNO2/c1-7(16)12(17)6-15-3-2-8-4-9(13)10(14)5-11(8)15/h4-5,12,17H,2-3,6H2,1H3/t12-/m0/s1. The molecular weight excluding hydrogens is 245 g/mol. The third-order valence-electron chi connectivity index (χ3n) is 2.98. The van der Waals surface area contributed by atoms with Crippen LogP contribution in [0, 0.1) is 5.82 Å². The van der Waals surface area contributed by atoms with E-state index >= 15 is 0 Å². The average molecular weight is 258 g/mol. The minimum Gasteiger partial charge on any atom is -0.383 e. The zero-order valence-corrected chi connectivity index (χ0v) is 10.2. The Hall–Kier alpha value is -1.13. The number of β-amino-alcohol motifs (C(OH)–C–C–N with tert-alkyl or cyclic N) is 1. The van der Waals surface area contributed by atoms with Gasteiger partial charge in [-0.15, -0.1) is 0 Å². The Kier molecular flexibility index (Phi) is 3.35. The molecule has 1 aliphatic heterocycles. The summed E-state index contributed by atoms with van der Waals surface area (Å²) in [7, 11) is 0. The number of aliphatic hydroxyl groups is 1. The Morgan fingerprint density at radius 1 is 1.65 bits per heavy atom. The quantitative estimate of drug-likeness (QED) is 0.898. The van der Waals surface area contributed by atoms with Crippen LogP contribution in [0.2, 0.25) is 5.02 Å². The summed E-state index contributed by atoms with van der Waals surface area (Å²) >= 11 is 5.70. The third kappa shape index (κ3) is 2.42.